The van der Waals surface area contributed by atoms with Gasteiger partial charge in [0, 0.05) is 6.04 Å². The quantitative estimate of drug-likeness (QED) is 0.389. The second kappa shape index (κ2) is 12.8. The number of rotatable bonds is 9. The molecule has 0 aromatic heterocycles. The fourth-order valence-electron chi connectivity index (χ4n) is 3.84. The maximum Gasteiger partial charge on any atom is 0.408 e. The predicted molar refractivity (Wildman–Crippen MR) is 150 cm³/mol. The van der Waals surface area contributed by atoms with Crippen LogP contribution < -0.4 is 10.6 Å². The fraction of sp³-hybridized carbons (Fsp3) is 0.414. The number of anilines is 1. The second-order valence-electron chi connectivity index (χ2n) is 10.1. The number of carbonyl (C=O) groups is 3. The molecule has 0 aliphatic rings. The third-order valence-corrected chi connectivity index (χ3v) is 6.20. The first-order valence-corrected chi connectivity index (χ1v) is 12.8. The summed E-state index contributed by atoms with van der Waals surface area (Å²) in [4.78, 5) is 41.7. The molecule has 200 valence electrons. The normalized spacial score (nSPS) is 13.6. The van der Waals surface area contributed by atoms with Crippen molar-refractivity contribution in [2.75, 3.05) is 5.32 Å². The number of carbonyl (C=O) groups excluding carboxylic acids is 3. The van der Waals surface area contributed by atoms with Crippen molar-refractivity contribution < 1.29 is 19.1 Å². The minimum absolute atomic E-state index is 0.328. The Hall–Kier alpha value is -3.32. The number of ether oxygens (including phenoxy) is 1. The summed E-state index contributed by atoms with van der Waals surface area (Å²) in [5, 5.41) is 5.94. The number of alkyl carbamates (subject to hydrolysis) is 1. The summed E-state index contributed by atoms with van der Waals surface area (Å²) >= 11 is 6.39. The SMILES string of the molecule is C=Cc1cccc(C(C(=O)Nc2c(C)cccc2Cl)N(C(=O)C(C)NC(=O)OC(C)(C)C)C(C)CC)c1. The number of para-hydroxylation sites is 1. The van der Waals surface area contributed by atoms with Crippen LogP contribution in [0.5, 0.6) is 0 Å². The van der Waals surface area contributed by atoms with Gasteiger partial charge < -0.3 is 20.3 Å². The Balaban J connectivity index is 2.54. The highest BCUT2D eigenvalue weighted by atomic mass is 35.5. The van der Waals surface area contributed by atoms with E-state index in [0.29, 0.717) is 22.7 Å². The Morgan fingerprint density at radius 3 is 2.35 bits per heavy atom. The molecule has 2 aromatic carbocycles. The number of halogens is 1. The Morgan fingerprint density at radius 2 is 1.78 bits per heavy atom. The Labute approximate surface area is 225 Å². The molecule has 0 saturated heterocycles. The van der Waals surface area contributed by atoms with Gasteiger partial charge in [0.25, 0.3) is 5.91 Å². The van der Waals surface area contributed by atoms with E-state index in [4.69, 9.17) is 16.3 Å². The first-order valence-electron chi connectivity index (χ1n) is 12.4. The van der Waals surface area contributed by atoms with E-state index < -0.39 is 35.6 Å². The molecule has 2 rings (SSSR count). The van der Waals surface area contributed by atoms with E-state index in [2.05, 4.69) is 17.2 Å². The lowest BCUT2D eigenvalue weighted by Crippen LogP contribution is -2.53. The van der Waals surface area contributed by atoms with Gasteiger partial charge in [-0.2, -0.15) is 0 Å². The average Bonchev–Trinajstić information content (AvgIpc) is 2.82. The van der Waals surface area contributed by atoms with Crippen LogP contribution in [-0.2, 0) is 14.3 Å². The van der Waals surface area contributed by atoms with Crippen LogP contribution in [-0.4, -0.2) is 40.5 Å². The van der Waals surface area contributed by atoms with Crippen molar-refractivity contribution in [1.29, 1.82) is 0 Å². The summed E-state index contributed by atoms with van der Waals surface area (Å²) in [5.74, 6) is -0.837. The number of hydrogen-bond acceptors (Lipinski definition) is 4. The fourth-order valence-corrected chi connectivity index (χ4v) is 4.11. The molecular weight excluding hydrogens is 490 g/mol. The molecule has 8 heteroatoms. The largest absolute Gasteiger partial charge is 0.444 e. The lowest BCUT2D eigenvalue weighted by Gasteiger charge is -2.37. The number of nitrogens with zero attached hydrogens (tertiary/aromatic N) is 1. The Bertz CT molecular complexity index is 1120. The molecule has 7 nitrogen and oxygen atoms in total. The van der Waals surface area contributed by atoms with Crippen molar-refractivity contribution >= 4 is 41.3 Å². The van der Waals surface area contributed by atoms with E-state index in [1.807, 2.05) is 45.0 Å². The van der Waals surface area contributed by atoms with Crippen molar-refractivity contribution in [1.82, 2.24) is 10.2 Å². The summed E-state index contributed by atoms with van der Waals surface area (Å²) < 4.78 is 5.33. The predicted octanol–water partition coefficient (Wildman–Crippen LogP) is 6.51. The van der Waals surface area contributed by atoms with Gasteiger partial charge in [0.1, 0.15) is 17.7 Å². The smallest absolute Gasteiger partial charge is 0.408 e. The highest BCUT2D eigenvalue weighted by molar-refractivity contribution is 6.34. The minimum Gasteiger partial charge on any atom is -0.444 e. The van der Waals surface area contributed by atoms with Crippen LogP contribution in [0.15, 0.2) is 49.0 Å². The van der Waals surface area contributed by atoms with Crippen molar-refractivity contribution in [3.05, 3.63) is 70.8 Å². The second-order valence-corrected chi connectivity index (χ2v) is 10.5. The van der Waals surface area contributed by atoms with E-state index in [0.717, 1.165) is 11.1 Å². The Morgan fingerprint density at radius 1 is 1.14 bits per heavy atom. The average molecular weight is 528 g/mol. The van der Waals surface area contributed by atoms with E-state index in [9.17, 15) is 14.4 Å². The molecule has 0 fully saturated rings. The maximum atomic E-state index is 13.9. The van der Waals surface area contributed by atoms with E-state index in [-0.39, 0.29) is 6.04 Å². The summed E-state index contributed by atoms with van der Waals surface area (Å²) in [5.41, 5.74) is 1.97. The number of aryl methyl sites for hydroxylation is 1. The molecule has 0 saturated carbocycles. The van der Waals surface area contributed by atoms with Crippen molar-refractivity contribution in [3.8, 4) is 0 Å². The molecule has 3 atom stereocenters. The lowest BCUT2D eigenvalue weighted by atomic mass is 9.98. The van der Waals surface area contributed by atoms with Crippen LogP contribution in [0.2, 0.25) is 5.02 Å². The van der Waals surface area contributed by atoms with E-state index in [1.54, 1.807) is 52.0 Å². The highest BCUT2D eigenvalue weighted by Crippen LogP contribution is 2.31. The van der Waals surface area contributed by atoms with Gasteiger partial charge in [-0.15, -0.1) is 0 Å². The summed E-state index contributed by atoms with van der Waals surface area (Å²) in [6.07, 6.45) is 1.55. The standard InChI is InChI=1S/C29H38ClN3O4/c1-9-19(4)33(27(35)20(5)31-28(36)37-29(6,7)8)25(22-15-12-14-21(10-2)17-22)26(34)32-24-18(3)13-11-16-23(24)30/h10-17,19-20,25H,2,9H2,1,3-8H3,(H,31,36)(H,32,34). The van der Waals surface area contributed by atoms with Crippen LogP contribution in [0, 0.1) is 6.92 Å². The molecule has 0 bridgehead atoms. The minimum atomic E-state index is -0.999. The van der Waals surface area contributed by atoms with Crippen LogP contribution in [0.3, 0.4) is 0 Å². The molecule has 0 heterocycles. The summed E-state index contributed by atoms with van der Waals surface area (Å²) in [6, 6.07) is 10.4. The zero-order valence-corrected chi connectivity index (χ0v) is 23.5. The highest BCUT2D eigenvalue weighted by Gasteiger charge is 2.37. The van der Waals surface area contributed by atoms with Gasteiger partial charge in [-0.1, -0.05) is 61.5 Å². The van der Waals surface area contributed by atoms with Gasteiger partial charge in [0.2, 0.25) is 5.91 Å². The number of benzene rings is 2. The zero-order valence-electron chi connectivity index (χ0n) is 22.7. The van der Waals surface area contributed by atoms with Gasteiger partial charge in [-0.25, -0.2) is 4.79 Å². The third-order valence-electron chi connectivity index (χ3n) is 5.88. The molecule has 0 aliphatic carbocycles. The van der Waals surface area contributed by atoms with Gasteiger partial charge in [0.15, 0.2) is 0 Å². The van der Waals surface area contributed by atoms with Crippen LogP contribution in [0.4, 0.5) is 10.5 Å². The molecule has 0 radical (unpaired) electrons. The first kappa shape index (κ1) is 29.9. The maximum absolute atomic E-state index is 13.9. The molecule has 3 amide bonds. The molecule has 3 unspecified atom stereocenters. The third kappa shape index (κ3) is 8.09. The lowest BCUT2D eigenvalue weighted by molar-refractivity contribution is -0.143. The van der Waals surface area contributed by atoms with Crippen molar-refractivity contribution in [3.63, 3.8) is 0 Å². The van der Waals surface area contributed by atoms with E-state index in [1.165, 1.54) is 4.90 Å². The van der Waals surface area contributed by atoms with Crippen LogP contribution in [0.1, 0.15) is 70.7 Å². The van der Waals surface area contributed by atoms with Crippen molar-refractivity contribution in [2.24, 2.45) is 0 Å². The van der Waals surface area contributed by atoms with Gasteiger partial charge in [-0.3, -0.25) is 9.59 Å². The van der Waals surface area contributed by atoms with E-state index >= 15 is 0 Å². The zero-order chi connectivity index (χ0) is 27.9. The molecule has 37 heavy (non-hydrogen) atoms. The molecule has 2 N–H and O–H groups in total. The van der Waals surface area contributed by atoms with Gasteiger partial charge in [0.05, 0.1) is 10.7 Å². The molecule has 0 spiro atoms. The number of nitrogens with one attached hydrogen (secondary N) is 2. The topological polar surface area (TPSA) is 87.7 Å². The van der Waals surface area contributed by atoms with Gasteiger partial charge >= 0.3 is 6.09 Å². The Kier molecular flexibility index (Phi) is 10.3. The molecule has 2 aromatic rings. The summed E-state index contributed by atoms with van der Waals surface area (Å²) in [6.45, 7) is 16.3. The number of hydrogen-bond donors (Lipinski definition) is 2. The van der Waals surface area contributed by atoms with Crippen LogP contribution >= 0.6 is 11.6 Å². The first-order chi connectivity index (χ1) is 17.3. The summed E-state index contributed by atoms with van der Waals surface area (Å²) in [7, 11) is 0. The van der Waals surface area contributed by atoms with Gasteiger partial charge in [-0.05, 0) is 76.8 Å². The molecular formula is C29H38ClN3O4. The van der Waals surface area contributed by atoms with Crippen LogP contribution in [0.25, 0.3) is 6.08 Å². The monoisotopic (exact) mass is 527 g/mol. The van der Waals surface area contributed by atoms with Crippen molar-refractivity contribution in [2.45, 2.75) is 78.6 Å². The molecule has 0 aliphatic heterocycles. The number of amides is 3.